The van der Waals surface area contributed by atoms with E-state index in [1.165, 1.54) is 36.4 Å². The molecule has 138 valence electrons. The van der Waals surface area contributed by atoms with Crippen LogP contribution in [0.5, 0.6) is 0 Å². The molecule has 0 spiro atoms. The van der Waals surface area contributed by atoms with E-state index in [0.717, 1.165) is 0 Å². The van der Waals surface area contributed by atoms with Gasteiger partial charge >= 0.3 is 5.97 Å². The van der Waals surface area contributed by atoms with Gasteiger partial charge in [-0.3, -0.25) is 14.9 Å². The number of amides is 1. The van der Waals surface area contributed by atoms with Crippen LogP contribution >= 0.6 is 15.9 Å². The summed E-state index contributed by atoms with van der Waals surface area (Å²) in [7, 11) is 0. The van der Waals surface area contributed by atoms with Crippen molar-refractivity contribution in [2.24, 2.45) is 0 Å². The van der Waals surface area contributed by atoms with E-state index in [1.807, 2.05) is 0 Å². The van der Waals surface area contributed by atoms with Crippen molar-refractivity contribution in [2.75, 3.05) is 6.61 Å². The third-order valence-corrected chi connectivity index (χ3v) is 4.03. The van der Waals surface area contributed by atoms with Crippen LogP contribution in [0.2, 0.25) is 0 Å². The summed E-state index contributed by atoms with van der Waals surface area (Å²) in [5.41, 5.74) is 0.633. The van der Waals surface area contributed by atoms with Crippen LogP contribution in [0.4, 0.5) is 5.69 Å². The first-order valence-corrected chi connectivity index (χ1v) is 8.51. The number of carbonyl (C=O) groups excluding carboxylic acids is 2. The quantitative estimate of drug-likeness (QED) is 0.236. The van der Waals surface area contributed by atoms with E-state index in [2.05, 4.69) is 27.8 Å². The van der Waals surface area contributed by atoms with Crippen molar-refractivity contribution in [1.29, 1.82) is 0 Å². The van der Waals surface area contributed by atoms with Crippen molar-refractivity contribution < 1.29 is 19.2 Å². The zero-order valence-corrected chi connectivity index (χ0v) is 15.6. The summed E-state index contributed by atoms with van der Waals surface area (Å²) in [5, 5.41) is 13.3. The minimum atomic E-state index is -0.756. The average molecular weight is 431 g/mol. The van der Waals surface area contributed by atoms with E-state index < -0.39 is 16.8 Å². The van der Waals surface area contributed by atoms with Crippen molar-refractivity contribution in [2.45, 2.75) is 0 Å². The first-order valence-electron chi connectivity index (χ1n) is 7.72. The monoisotopic (exact) mass is 430 g/mol. The smallest absolute Gasteiger partial charge is 0.355 e. The van der Waals surface area contributed by atoms with Gasteiger partial charge in [-0.15, -0.1) is 0 Å². The summed E-state index contributed by atoms with van der Waals surface area (Å²) < 4.78 is 5.56. The third kappa shape index (κ3) is 5.61. The highest BCUT2D eigenvalue weighted by Gasteiger charge is 2.17. The predicted molar refractivity (Wildman–Crippen MR) is 104 cm³/mol. The van der Waals surface area contributed by atoms with Crippen molar-refractivity contribution in [3.8, 4) is 0 Å². The molecule has 7 nitrogen and oxygen atoms in total. The molecule has 0 aliphatic heterocycles. The van der Waals surface area contributed by atoms with Gasteiger partial charge in [-0.2, -0.15) is 0 Å². The number of nitro benzene ring substituents is 1. The fraction of sp³-hybridized carbons (Fsp3) is 0.0526. The van der Waals surface area contributed by atoms with Crippen molar-refractivity contribution in [1.82, 2.24) is 5.32 Å². The van der Waals surface area contributed by atoms with Gasteiger partial charge in [-0.1, -0.05) is 24.8 Å². The molecule has 0 heterocycles. The van der Waals surface area contributed by atoms with E-state index in [4.69, 9.17) is 4.74 Å². The zero-order valence-electron chi connectivity index (χ0n) is 14.1. The Bertz CT molecular complexity index is 907. The van der Waals surface area contributed by atoms with E-state index in [0.29, 0.717) is 15.6 Å². The van der Waals surface area contributed by atoms with Crippen LogP contribution in [-0.4, -0.2) is 23.4 Å². The lowest BCUT2D eigenvalue weighted by atomic mass is 10.1. The van der Waals surface area contributed by atoms with E-state index in [-0.39, 0.29) is 18.0 Å². The molecule has 1 N–H and O–H groups in total. The molecule has 0 atom stereocenters. The van der Waals surface area contributed by atoms with Crippen molar-refractivity contribution in [3.05, 3.63) is 92.6 Å². The average Bonchev–Trinajstić information content (AvgIpc) is 2.66. The molecule has 0 bridgehead atoms. The lowest BCUT2D eigenvalue weighted by Crippen LogP contribution is -2.28. The van der Waals surface area contributed by atoms with Gasteiger partial charge in [0.25, 0.3) is 11.6 Å². The second-order valence-corrected chi connectivity index (χ2v) is 6.08. The number of non-ortho nitro benzene ring substituents is 1. The van der Waals surface area contributed by atoms with Crippen LogP contribution in [0.1, 0.15) is 15.9 Å². The van der Waals surface area contributed by atoms with Gasteiger partial charge in [0.15, 0.2) is 0 Å². The molecule has 27 heavy (non-hydrogen) atoms. The largest absolute Gasteiger partial charge is 0.457 e. The number of carbonyl (C=O) groups is 2. The molecule has 2 aromatic rings. The normalized spacial score (nSPS) is 10.8. The fourth-order valence-corrected chi connectivity index (χ4v) is 2.52. The highest BCUT2D eigenvalue weighted by molar-refractivity contribution is 9.10. The standard InChI is InChI=1S/C19H15BrN2O5/c1-2-11-27-19(24)17(12-13-7-9-14(10-8-13)22(25)26)21-18(23)15-5-3-4-6-16(15)20/h2-10,12H,1,11H2,(H,21,23)/b17-12-. The molecule has 0 saturated heterocycles. The molecule has 0 fully saturated rings. The van der Waals surface area contributed by atoms with Crippen LogP contribution in [0.15, 0.2) is 71.4 Å². The Balaban J connectivity index is 2.31. The third-order valence-electron chi connectivity index (χ3n) is 3.33. The van der Waals surface area contributed by atoms with Gasteiger partial charge in [-0.25, -0.2) is 4.79 Å². The van der Waals surface area contributed by atoms with Gasteiger partial charge in [0.1, 0.15) is 12.3 Å². The summed E-state index contributed by atoms with van der Waals surface area (Å²) in [6, 6.07) is 12.3. The van der Waals surface area contributed by atoms with E-state index in [1.54, 1.807) is 24.3 Å². The molecule has 0 unspecified atom stereocenters. The number of ether oxygens (including phenoxy) is 1. The minimum absolute atomic E-state index is 0.0265. The SMILES string of the molecule is C=CCOC(=O)/C(=C/c1ccc([N+](=O)[O-])cc1)NC(=O)c1ccccc1Br. The lowest BCUT2D eigenvalue weighted by Gasteiger charge is -2.10. The molecule has 0 radical (unpaired) electrons. The summed E-state index contributed by atoms with van der Waals surface area (Å²) in [6.45, 7) is 3.44. The van der Waals surface area contributed by atoms with Gasteiger partial charge in [0, 0.05) is 16.6 Å². The molecule has 0 aliphatic carbocycles. The Morgan fingerprint density at radius 2 is 1.85 bits per heavy atom. The van der Waals surface area contributed by atoms with Gasteiger partial charge < -0.3 is 10.1 Å². The fourth-order valence-electron chi connectivity index (χ4n) is 2.05. The summed E-state index contributed by atoms with van der Waals surface area (Å²) in [6.07, 6.45) is 2.78. The Morgan fingerprint density at radius 3 is 2.44 bits per heavy atom. The Labute approximate surface area is 163 Å². The number of nitro groups is 1. The molecule has 0 aromatic heterocycles. The molecular formula is C19H15BrN2O5. The van der Waals surface area contributed by atoms with Crippen LogP contribution in [-0.2, 0) is 9.53 Å². The van der Waals surface area contributed by atoms with Crippen LogP contribution in [0, 0.1) is 10.1 Å². The maximum absolute atomic E-state index is 12.5. The van der Waals surface area contributed by atoms with Crippen LogP contribution in [0.3, 0.4) is 0 Å². The highest BCUT2D eigenvalue weighted by Crippen LogP contribution is 2.17. The van der Waals surface area contributed by atoms with Crippen molar-refractivity contribution >= 4 is 39.6 Å². The molecule has 0 aliphatic rings. The number of rotatable bonds is 7. The van der Waals surface area contributed by atoms with Gasteiger partial charge in [-0.05, 0) is 51.8 Å². The number of nitrogens with zero attached hydrogens (tertiary/aromatic N) is 1. The van der Waals surface area contributed by atoms with Gasteiger partial charge in [0.05, 0.1) is 10.5 Å². The summed E-state index contributed by atoms with van der Waals surface area (Å²) >= 11 is 3.28. The van der Waals surface area contributed by atoms with Crippen LogP contribution < -0.4 is 5.32 Å². The maximum Gasteiger partial charge on any atom is 0.355 e. The highest BCUT2D eigenvalue weighted by atomic mass is 79.9. The summed E-state index contributed by atoms with van der Waals surface area (Å²) in [5.74, 6) is -1.26. The van der Waals surface area contributed by atoms with Gasteiger partial charge in [0.2, 0.25) is 0 Å². The Hall–Kier alpha value is -3.26. The molecule has 1 amide bonds. The van der Waals surface area contributed by atoms with Crippen molar-refractivity contribution in [3.63, 3.8) is 0 Å². The second kappa shape index (κ2) is 9.44. The van der Waals surface area contributed by atoms with E-state index >= 15 is 0 Å². The zero-order chi connectivity index (χ0) is 19.8. The molecule has 0 saturated carbocycles. The Morgan fingerprint density at radius 1 is 1.19 bits per heavy atom. The molecule has 2 rings (SSSR count). The minimum Gasteiger partial charge on any atom is -0.457 e. The van der Waals surface area contributed by atoms with E-state index in [9.17, 15) is 19.7 Å². The number of nitrogens with one attached hydrogen (secondary N) is 1. The topological polar surface area (TPSA) is 98.5 Å². The lowest BCUT2D eigenvalue weighted by molar-refractivity contribution is -0.384. The predicted octanol–water partition coefficient (Wildman–Crippen LogP) is 3.86. The number of benzene rings is 2. The second-order valence-electron chi connectivity index (χ2n) is 5.23. The number of hydrogen-bond donors (Lipinski definition) is 1. The first kappa shape index (κ1) is 20.1. The maximum atomic E-state index is 12.5. The number of halogens is 1. The first-order chi connectivity index (χ1) is 12.9. The number of hydrogen-bond acceptors (Lipinski definition) is 5. The molecular weight excluding hydrogens is 416 g/mol. The molecule has 2 aromatic carbocycles. The van der Waals surface area contributed by atoms with Crippen LogP contribution in [0.25, 0.3) is 6.08 Å². The summed E-state index contributed by atoms with van der Waals surface area (Å²) in [4.78, 5) is 35.0. The number of esters is 1. The molecule has 8 heteroatoms. The Kier molecular flexibility index (Phi) is 7.01.